The molecule has 0 saturated heterocycles. The molecule has 0 heterocycles. The Morgan fingerprint density at radius 3 is 2.38 bits per heavy atom. The molecule has 0 spiro atoms. The second kappa shape index (κ2) is 11.1. The summed E-state index contributed by atoms with van der Waals surface area (Å²) in [5.74, 6) is -0.831. The standard InChI is InChI=1S/C6H10O4.C2H6O/c1-2-3-10-6(9)5(8)4-7;1-2-3/h2,5,7-8H,1,3-4H2;3H,2H2,1H3. The van der Waals surface area contributed by atoms with E-state index in [2.05, 4.69) is 11.3 Å². The summed E-state index contributed by atoms with van der Waals surface area (Å²) in [5, 5.41) is 24.4. The molecular formula is C8H16O5. The van der Waals surface area contributed by atoms with Gasteiger partial charge in [-0.1, -0.05) is 12.7 Å². The zero-order chi connectivity index (χ0) is 10.7. The summed E-state index contributed by atoms with van der Waals surface area (Å²) < 4.78 is 4.38. The molecule has 0 aliphatic carbocycles. The highest BCUT2D eigenvalue weighted by Crippen LogP contribution is 1.86. The smallest absolute Gasteiger partial charge is 0.337 e. The third-order valence-corrected chi connectivity index (χ3v) is 0.788. The van der Waals surface area contributed by atoms with E-state index in [0.717, 1.165) is 0 Å². The van der Waals surface area contributed by atoms with E-state index in [1.165, 1.54) is 6.08 Å². The fraction of sp³-hybridized carbons (Fsp3) is 0.625. The lowest BCUT2D eigenvalue weighted by atomic mass is 10.4. The second-order valence-electron chi connectivity index (χ2n) is 1.93. The molecule has 1 atom stereocenters. The van der Waals surface area contributed by atoms with Gasteiger partial charge in [0, 0.05) is 6.61 Å². The molecule has 0 saturated carbocycles. The Bertz CT molecular complexity index is 134. The van der Waals surface area contributed by atoms with Crippen molar-refractivity contribution in [2.75, 3.05) is 19.8 Å². The van der Waals surface area contributed by atoms with Crippen LogP contribution in [0.15, 0.2) is 12.7 Å². The Balaban J connectivity index is 0. The summed E-state index contributed by atoms with van der Waals surface area (Å²) in [7, 11) is 0. The van der Waals surface area contributed by atoms with Gasteiger partial charge in [0.25, 0.3) is 0 Å². The van der Waals surface area contributed by atoms with E-state index in [0.29, 0.717) is 0 Å². The van der Waals surface area contributed by atoms with Crippen molar-refractivity contribution in [3.05, 3.63) is 12.7 Å². The minimum Gasteiger partial charge on any atom is -0.459 e. The van der Waals surface area contributed by atoms with Gasteiger partial charge in [0.15, 0.2) is 6.10 Å². The predicted octanol–water partition coefficient (Wildman–Crippen LogP) is -0.933. The van der Waals surface area contributed by atoms with Crippen LogP contribution >= 0.6 is 0 Å². The van der Waals surface area contributed by atoms with Crippen molar-refractivity contribution < 1.29 is 24.9 Å². The molecule has 0 aromatic heterocycles. The number of carbonyl (C=O) groups excluding carboxylic acids is 1. The first-order valence-electron chi connectivity index (χ1n) is 3.81. The molecule has 13 heavy (non-hydrogen) atoms. The number of aliphatic hydroxyl groups excluding tert-OH is 3. The quantitative estimate of drug-likeness (QED) is 0.395. The fourth-order valence-corrected chi connectivity index (χ4v) is 0.312. The van der Waals surface area contributed by atoms with Crippen LogP contribution < -0.4 is 0 Å². The highest BCUT2D eigenvalue weighted by Gasteiger charge is 2.13. The lowest BCUT2D eigenvalue weighted by Gasteiger charge is -2.04. The highest BCUT2D eigenvalue weighted by molar-refractivity contribution is 5.74. The van der Waals surface area contributed by atoms with E-state index in [4.69, 9.17) is 15.3 Å². The molecule has 0 aliphatic heterocycles. The van der Waals surface area contributed by atoms with E-state index in [1.807, 2.05) is 0 Å². The van der Waals surface area contributed by atoms with Crippen LogP contribution in [0.2, 0.25) is 0 Å². The van der Waals surface area contributed by atoms with Gasteiger partial charge in [-0.2, -0.15) is 0 Å². The predicted molar refractivity (Wildman–Crippen MR) is 47.0 cm³/mol. The van der Waals surface area contributed by atoms with Crippen molar-refractivity contribution in [3.63, 3.8) is 0 Å². The molecule has 1 unspecified atom stereocenters. The Kier molecular flexibility index (Phi) is 12.5. The summed E-state index contributed by atoms with van der Waals surface area (Å²) in [5.41, 5.74) is 0. The van der Waals surface area contributed by atoms with Crippen LogP contribution in [0.1, 0.15) is 6.92 Å². The maximum absolute atomic E-state index is 10.5. The zero-order valence-corrected chi connectivity index (χ0v) is 7.64. The molecule has 0 amide bonds. The van der Waals surface area contributed by atoms with Gasteiger partial charge in [0.05, 0.1) is 6.61 Å². The molecule has 0 aromatic rings. The Labute approximate surface area is 77.3 Å². The Morgan fingerprint density at radius 2 is 2.08 bits per heavy atom. The van der Waals surface area contributed by atoms with Crippen LogP contribution in [0.5, 0.6) is 0 Å². The largest absolute Gasteiger partial charge is 0.459 e. The molecule has 78 valence electrons. The van der Waals surface area contributed by atoms with Crippen molar-refractivity contribution in [2.45, 2.75) is 13.0 Å². The normalized spacial score (nSPS) is 10.8. The fourth-order valence-electron chi connectivity index (χ4n) is 0.312. The van der Waals surface area contributed by atoms with Crippen LogP contribution in [0.4, 0.5) is 0 Å². The summed E-state index contributed by atoms with van der Waals surface area (Å²) in [6.45, 7) is 4.66. The zero-order valence-electron chi connectivity index (χ0n) is 7.64. The number of hydrogen-bond donors (Lipinski definition) is 3. The lowest BCUT2D eigenvalue weighted by molar-refractivity contribution is -0.154. The summed E-state index contributed by atoms with van der Waals surface area (Å²) in [4.78, 5) is 10.5. The number of aliphatic hydroxyl groups is 3. The number of esters is 1. The van der Waals surface area contributed by atoms with Crippen molar-refractivity contribution in [1.82, 2.24) is 0 Å². The molecule has 5 heteroatoms. The minimum absolute atomic E-state index is 0.0515. The van der Waals surface area contributed by atoms with Crippen molar-refractivity contribution >= 4 is 5.97 Å². The van der Waals surface area contributed by atoms with Crippen molar-refractivity contribution in [2.24, 2.45) is 0 Å². The van der Waals surface area contributed by atoms with Crippen molar-refractivity contribution in [1.29, 1.82) is 0 Å². The van der Waals surface area contributed by atoms with E-state index >= 15 is 0 Å². The monoisotopic (exact) mass is 192 g/mol. The van der Waals surface area contributed by atoms with Gasteiger partial charge in [0.1, 0.15) is 6.61 Å². The Morgan fingerprint density at radius 1 is 1.62 bits per heavy atom. The average Bonchev–Trinajstić information content (AvgIpc) is 2.14. The van der Waals surface area contributed by atoms with Gasteiger partial charge in [-0.25, -0.2) is 4.79 Å². The molecule has 0 aromatic carbocycles. The molecule has 0 bridgehead atoms. The number of rotatable bonds is 4. The minimum atomic E-state index is -1.43. The second-order valence-corrected chi connectivity index (χ2v) is 1.93. The van der Waals surface area contributed by atoms with Gasteiger partial charge in [-0.3, -0.25) is 0 Å². The van der Waals surface area contributed by atoms with E-state index in [9.17, 15) is 4.79 Å². The van der Waals surface area contributed by atoms with Gasteiger partial charge in [-0.15, -0.1) is 0 Å². The first kappa shape index (κ1) is 14.6. The third kappa shape index (κ3) is 11.1. The molecule has 0 aliphatic rings. The molecule has 0 fully saturated rings. The summed E-state index contributed by atoms with van der Waals surface area (Å²) in [6.07, 6.45) is -0.0536. The first-order valence-corrected chi connectivity index (χ1v) is 3.81. The van der Waals surface area contributed by atoms with Gasteiger partial charge < -0.3 is 20.1 Å². The van der Waals surface area contributed by atoms with E-state index in [1.54, 1.807) is 6.92 Å². The van der Waals surface area contributed by atoms with Gasteiger partial charge in [-0.05, 0) is 6.92 Å². The van der Waals surface area contributed by atoms with Crippen LogP contribution in [0, 0.1) is 0 Å². The van der Waals surface area contributed by atoms with Crippen LogP contribution in [0.3, 0.4) is 0 Å². The molecule has 0 rings (SSSR count). The maximum atomic E-state index is 10.5. The topological polar surface area (TPSA) is 87.0 Å². The molecule has 3 N–H and O–H groups in total. The summed E-state index contributed by atoms with van der Waals surface area (Å²) in [6, 6.07) is 0. The molecule has 5 nitrogen and oxygen atoms in total. The Hall–Kier alpha value is -0.910. The number of carbonyl (C=O) groups is 1. The third-order valence-electron chi connectivity index (χ3n) is 0.788. The van der Waals surface area contributed by atoms with Crippen LogP contribution in [-0.2, 0) is 9.53 Å². The number of hydrogen-bond acceptors (Lipinski definition) is 5. The highest BCUT2D eigenvalue weighted by atomic mass is 16.5. The average molecular weight is 192 g/mol. The van der Waals surface area contributed by atoms with E-state index in [-0.39, 0.29) is 13.2 Å². The van der Waals surface area contributed by atoms with Crippen LogP contribution in [-0.4, -0.2) is 47.2 Å². The molecular weight excluding hydrogens is 176 g/mol. The van der Waals surface area contributed by atoms with Gasteiger partial charge >= 0.3 is 5.97 Å². The van der Waals surface area contributed by atoms with Gasteiger partial charge in [0.2, 0.25) is 0 Å². The van der Waals surface area contributed by atoms with E-state index < -0.39 is 18.7 Å². The first-order chi connectivity index (χ1) is 6.13. The molecule has 0 radical (unpaired) electrons. The maximum Gasteiger partial charge on any atom is 0.337 e. The number of ether oxygens (including phenoxy) is 1. The summed E-state index contributed by atoms with van der Waals surface area (Å²) >= 11 is 0. The van der Waals surface area contributed by atoms with Crippen molar-refractivity contribution in [3.8, 4) is 0 Å². The van der Waals surface area contributed by atoms with Crippen LogP contribution in [0.25, 0.3) is 0 Å². The SMILES string of the molecule is C=CCOC(=O)C(O)CO.CCO. The lowest BCUT2D eigenvalue weighted by Crippen LogP contribution is -2.26.